The number of hydrogen-bond acceptors (Lipinski definition) is 5. The van der Waals surface area contributed by atoms with Crippen LogP contribution in [0.3, 0.4) is 0 Å². The van der Waals surface area contributed by atoms with Gasteiger partial charge in [-0.05, 0) is 50.2 Å². The van der Waals surface area contributed by atoms with Gasteiger partial charge in [-0.25, -0.2) is 9.97 Å². The van der Waals surface area contributed by atoms with Gasteiger partial charge in [-0.15, -0.1) is 0 Å². The first kappa shape index (κ1) is 17.2. The van der Waals surface area contributed by atoms with E-state index >= 15 is 0 Å². The van der Waals surface area contributed by atoms with E-state index in [2.05, 4.69) is 43.2 Å². The summed E-state index contributed by atoms with van der Waals surface area (Å²) in [6.45, 7) is 2.13. The van der Waals surface area contributed by atoms with Crippen LogP contribution in [0.1, 0.15) is 12.8 Å². The molecule has 1 aliphatic heterocycles. The monoisotopic (exact) mass is 412 g/mol. The van der Waals surface area contributed by atoms with Gasteiger partial charge in [0.05, 0.1) is 10.9 Å². The van der Waals surface area contributed by atoms with E-state index in [1.807, 2.05) is 42.5 Å². The standard InChI is InChI=1S/C20H21BrN4O/c1-25-10-8-16(9-11-25)26-18-7-3-6-17-19(18)20(23-13-22-17)24-15-5-2-4-14(21)12-15/h2-7,12-13,16H,8-11H2,1H3,(H,22,23,24). The second-order valence-electron chi connectivity index (χ2n) is 6.63. The first-order valence-electron chi connectivity index (χ1n) is 8.80. The molecule has 0 saturated carbocycles. The SMILES string of the molecule is CN1CCC(Oc2cccc3ncnc(Nc4cccc(Br)c4)c23)CC1. The Balaban J connectivity index is 1.67. The van der Waals surface area contributed by atoms with E-state index in [-0.39, 0.29) is 6.10 Å². The van der Waals surface area contributed by atoms with Crippen LogP contribution < -0.4 is 10.1 Å². The minimum absolute atomic E-state index is 0.232. The van der Waals surface area contributed by atoms with Crippen LogP contribution in [0.15, 0.2) is 53.3 Å². The lowest BCUT2D eigenvalue weighted by Crippen LogP contribution is -2.35. The van der Waals surface area contributed by atoms with E-state index in [0.717, 1.165) is 58.6 Å². The quantitative estimate of drug-likeness (QED) is 0.677. The van der Waals surface area contributed by atoms with Crippen molar-refractivity contribution in [3.8, 4) is 5.75 Å². The Labute approximate surface area is 161 Å². The van der Waals surface area contributed by atoms with E-state index in [1.54, 1.807) is 6.33 Å². The van der Waals surface area contributed by atoms with Crippen molar-refractivity contribution in [1.82, 2.24) is 14.9 Å². The van der Waals surface area contributed by atoms with Crippen molar-refractivity contribution < 1.29 is 4.74 Å². The summed E-state index contributed by atoms with van der Waals surface area (Å²) in [6, 6.07) is 14.0. The van der Waals surface area contributed by atoms with E-state index in [4.69, 9.17) is 4.74 Å². The van der Waals surface area contributed by atoms with Gasteiger partial charge in [0.2, 0.25) is 0 Å². The number of anilines is 2. The molecule has 26 heavy (non-hydrogen) atoms. The molecule has 0 bridgehead atoms. The predicted molar refractivity (Wildman–Crippen MR) is 108 cm³/mol. The highest BCUT2D eigenvalue weighted by Gasteiger charge is 2.20. The second kappa shape index (κ2) is 7.60. The Hall–Kier alpha value is -2.18. The summed E-state index contributed by atoms with van der Waals surface area (Å²) in [4.78, 5) is 11.2. The van der Waals surface area contributed by atoms with E-state index in [0.29, 0.717) is 0 Å². The molecular formula is C20H21BrN4O. The Morgan fingerprint density at radius 1 is 1.12 bits per heavy atom. The lowest BCUT2D eigenvalue weighted by Gasteiger charge is -2.29. The van der Waals surface area contributed by atoms with Crippen LogP contribution >= 0.6 is 15.9 Å². The molecule has 0 radical (unpaired) electrons. The highest BCUT2D eigenvalue weighted by Crippen LogP contribution is 2.33. The van der Waals surface area contributed by atoms with Crippen LogP contribution in [0.5, 0.6) is 5.75 Å². The summed E-state index contributed by atoms with van der Waals surface area (Å²) in [6.07, 6.45) is 3.89. The van der Waals surface area contributed by atoms with Gasteiger partial charge >= 0.3 is 0 Å². The van der Waals surface area contributed by atoms with Gasteiger partial charge in [-0.1, -0.05) is 28.1 Å². The number of halogens is 1. The molecule has 1 aromatic heterocycles. The van der Waals surface area contributed by atoms with Crippen LogP contribution in [0.4, 0.5) is 11.5 Å². The highest BCUT2D eigenvalue weighted by molar-refractivity contribution is 9.10. The van der Waals surface area contributed by atoms with Crippen molar-refractivity contribution in [2.24, 2.45) is 0 Å². The highest BCUT2D eigenvalue weighted by atomic mass is 79.9. The van der Waals surface area contributed by atoms with Crippen molar-refractivity contribution >= 4 is 38.3 Å². The van der Waals surface area contributed by atoms with Crippen molar-refractivity contribution in [2.45, 2.75) is 18.9 Å². The molecule has 5 nitrogen and oxygen atoms in total. The molecule has 0 spiro atoms. The lowest BCUT2D eigenvalue weighted by atomic mass is 10.1. The van der Waals surface area contributed by atoms with Gasteiger partial charge in [-0.2, -0.15) is 0 Å². The van der Waals surface area contributed by atoms with Crippen molar-refractivity contribution in [2.75, 3.05) is 25.5 Å². The fourth-order valence-corrected chi connectivity index (χ4v) is 3.66. The number of hydrogen-bond donors (Lipinski definition) is 1. The predicted octanol–water partition coefficient (Wildman–Crippen LogP) is 4.61. The Kier molecular flexibility index (Phi) is 5.04. The van der Waals surface area contributed by atoms with Crippen LogP contribution in [0.2, 0.25) is 0 Å². The van der Waals surface area contributed by atoms with Crippen LogP contribution in [-0.2, 0) is 0 Å². The van der Waals surface area contributed by atoms with Gasteiger partial charge in [0, 0.05) is 23.2 Å². The van der Waals surface area contributed by atoms with Gasteiger partial charge in [0.1, 0.15) is 24.0 Å². The molecule has 6 heteroatoms. The number of aromatic nitrogens is 2. The van der Waals surface area contributed by atoms with Crippen molar-refractivity contribution in [3.05, 3.63) is 53.3 Å². The number of ether oxygens (including phenoxy) is 1. The second-order valence-corrected chi connectivity index (χ2v) is 7.54. The number of fused-ring (bicyclic) bond motifs is 1. The van der Waals surface area contributed by atoms with Gasteiger partial charge < -0.3 is 15.0 Å². The minimum Gasteiger partial charge on any atom is -0.489 e. The van der Waals surface area contributed by atoms with Gasteiger partial charge in [-0.3, -0.25) is 0 Å². The fourth-order valence-electron chi connectivity index (χ4n) is 3.26. The molecule has 2 heterocycles. The van der Waals surface area contributed by atoms with E-state index < -0.39 is 0 Å². The molecule has 0 aliphatic carbocycles. The molecule has 4 rings (SSSR count). The maximum Gasteiger partial charge on any atom is 0.145 e. The van der Waals surface area contributed by atoms with Gasteiger partial charge in [0.25, 0.3) is 0 Å². The summed E-state index contributed by atoms with van der Waals surface area (Å²) < 4.78 is 7.38. The molecule has 0 amide bonds. The normalized spacial score (nSPS) is 15.9. The molecular weight excluding hydrogens is 392 g/mol. The third-order valence-electron chi connectivity index (χ3n) is 4.67. The smallest absolute Gasteiger partial charge is 0.145 e. The summed E-state index contributed by atoms with van der Waals surface area (Å²) in [5.74, 6) is 1.60. The summed E-state index contributed by atoms with van der Waals surface area (Å²) in [5, 5.41) is 4.33. The Morgan fingerprint density at radius 2 is 1.92 bits per heavy atom. The zero-order valence-electron chi connectivity index (χ0n) is 14.7. The topological polar surface area (TPSA) is 50.3 Å². The molecule has 134 valence electrons. The summed E-state index contributed by atoms with van der Waals surface area (Å²) >= 11 is 3.51. The summed E-state index contributed by atoms with van der Waals surface area (Å²) in [7, 11) is 2.15. The number of likely N-dealkylation sites (tertiary alicyclic amines) is 1. The van der Waals surface area contributed by atoms with Crippen LogP contribution in [0, 0.1) is 0 Å². The average molecular weight is 413 g/mol. The number of benzene rings is 2. The van der Waals surface area contributed by atoms with Crippen molar-refractivity contribution in [3.63, 3.8) is 0 Å². The largest absolute Gasteiger partial charge is 0.489 e. The molecule has 3 aromatic rings. The first-order chi connectivity index (χ1) is 12.7. The third kappa shape index (κ3) is 3.81. The number of rotatable bonds is 4. The molecule has 1 aliphatic rings. The van der Waals surface area contributed by atoms with Gasteiger partial charge in [0.15, 0.2) is 0 Å². The number of nitrogens with zero attached hydrogens (tertiary/aromatic N) is 3. The zero-order chi connectivity index (χ0) is 17.9. The molecule has 2 aromatic carbocycles. The van der Waals surface area contributed by atoms with Crippen LogP contribution in [0.25, 0.3) is 10.9 Å². The zero-order valence-corrected chi connectivity index (χ0v) is 16.2. The number of piperidine rings is 1. The minimum atomic E-state index is 0.232. The maximum absolute atomic E-state index is 6.36. The first-order valence-corrected chi connectivity index (χ1v) is 9.60. The molecule has 0 unspecified atom stereocenters. The molecule has 0 atom stereocenters. The molecule has 1 fully saturated rings. The third-order valence-corrected chi connectivity index (χ3v) is 5.16. The Morgan fingerprint density at radius 3 is 2.73 bits per heavy atom. The van der Waals surface area contributed by atoms with E-state index in [1.165, 1.54) is 0 Å². The average Bonchev–Trinajstić information content (AvgIpc) is 2.64. The van der Waals surface area contributed by atoms with E-state index in [9.17, 15) is 0 Å². The summed E-state index contributed by atoms with van der Waals surface area (Å²) in [5.41, 5.74) is 1.84. The molecule has 1 N–H and O–H groups in total. The molecule has 1 saturated heterocycles. The Bertz CT molecular complexity index is 904. The fraction of sp³-hybridized carbons (Fsp3) is 0.300. The van der Waals surface area contributed by atoms with Crippen molar-refractivity contribution in [1.29, 1.82) is 0 Å². The maximum atomic E-state index is 6.36. The number of nitrogens with one attached hydrogen (secondary N) is 1. The lowest BCUT2D eigenvalue weighted by molar-refractivity contribution is 0.116. The van der Waals surface area contributed by atoms with Crippen LogP contribution in [-0.4, -0.2) is 41.1 Å².